The van der Waals surface area contributed by atoms with Crippen molar-refractivity contribution in [1.82, 2.24) is 4.90 Å². The lowest BCUT2D eigenvalue weighted by Gasteiger charge is -2.49. The molecule has 0 aliphatic carbocycles. The molecule has 9 heteroatoms. The fourth-order valence-corrected chi connectivity index (χ4v) is 5.65. The largest absolute Gasteiger partial charge is 0.573 e. The first-order valence-corrected chi connectivity index (χ1v) is 10.3. The second kappa shape index (κ2) is 6.63. The molecule has 29 heavy (non-hydrogen) atoms. The highest BCUT2D eigenvalue weighted by atomic mass is 32.1. The van der Waals surface area contributed by atoms with Gasteiger partial charge in [-0.1, -0.05) is 12.1 Å². The Morgan fingerprint density at radius 1 is 1.14 bits per heavy atom. The molecule has 0 unspecified atom stereocenters. The zero-order valence-corrected chi connectivity index (χ0v) is 16.3. The lowest BCUT2D eigenvalue weighted by Crippen LogP contribution is -2.61. The standard InChI is InChI=1S/C20H19F3N2O3S/c21-20(22,23)27-15-3-1-2-13(10-15)16-4-5-17(29-16)25-12-19(28-18(25)26)11-24-8-6-14(19)7-9-24/h1-5,10,14H,6-9,11-12H2/t19-/m1/s1. The first-order chi connectivity index (χ1) is 13.8. The normalized spacial score (nSPS) is 28.8. The summed E-state index contributed by atoms with van der Waals surface area (Å²) in [4.78, 5) is 17.4. The van der Waals surface area contributed by atoms with E-state index in [-0.39, 0.29) is 11.8 Å². The minimum absolute atomic E-state index is 0.267. The van der Waals surface area contributed by atoms with Gasteiger partial charge in [0.25, 0.3) is 0 Å². The number of rotatable bonds is 3. The third-order valence-electron chi connectivity index (χ3n) is 5.97. The van der Waals surface area contributed by atoms with E-state index in [1.807, 2.05) is 12.1 Å². The van der Waals surface area contributed by atoms with Crippen molar-refractivity contribution in [3.8, 4) is 16.2 Å². The van der Waals surface area contributed by atoms with E-state index in [9.17, 15) is 18.0 Å². The maximum atomic E-state index is 12.6. The highest BCUT2D eigenvalue weighted by Crippen LogP contribution is 2.45. The van der Waals surface area contributed by atoms with Gasteiger partial charge in [0.15, 0.2) is 0 Å². The van der Waals surface area contributed by atoms with Crippen molar-refractivity contribution in [1.29, 1.82) is 0 Å². The fourth-order valence-electron chi connectivity index (χ4n) is 4.66. The van der Waals surface area contributed by atoms with E-state index < -0.39 is 12.0 Å². The van der Waals surface area contributed by atoms with Gasteiger partial charge in [0, 0.05) is 17.3 Å². The van der Waals surface area contributed by atoms with Crippen LogP contribution in [0.1, 0.15) is 12.8 Å². The molecule has 1 atom stereocenters. The van der Waals surface area contributed by atoms with Crippen LogP contribution < -0.4 is 9.64 Å². The van der Waals surface area contributed by atoms with Crippen LogP contribution in [0.15, 0.2) is 36.4 Å². The summed E-state index contributed by atoms with van der Waals surface area (Å²) in [6.45, 7) is 3.41. The number of carbonyl (C=O) groups is 1. The summed E-state index contributed by atoms with van der Waals surface area (Å²) in [6, 6.07) is 9.47. The Bertz CT molecular complexity index is 939. The number of halogens is 3. The first-order valence-electron chi connectivity index (χ1n) is 9.50. The van der Waals surface area contributed by atoms with Gasteiger partial charge in [-0.05, 0) is 55.8 Å². The van der Waals surface area contributed by atoms with E-state index in [4.69, 9.17) is 4.74 Å². The number of anilines is 1. The van der Waals surface area contributed by atoms with Gasteiger partial charge < -0.3 is 9.47 Å². The molecule has 2 bridgehead atoms. The van der Waals surface area contributed by atoms with E-state index in [0.717, 1.165) is 42.4 Å². The predicted octanol–water partition coefficient (Wildman–Crippen LogP) is 4.73. The van der Waals surface area contributed by atoms with Crippen LogP contribution in [0.5, 0.6) is 5.75 Å². The Balaban J connectivity index is 1.37. The molecule has 154 valence electrons. The zero-order chi connectivity index (χ0) is 20.2. The molecule has 6 rings (SSSR count). The number of thiophene rings is 1. The number of piperidine rings is 3. The number of hydrogen-bond donors (Lipinski definition) is 0. The van der Waals surface area contributed by atoms with Crippen LogP contribution in [-0.2, 0) is 4.74 Å². The van der Waals surface area contributed by atoms with Crippen molar-refractivity contribution < 1.29 is 27.4 Å². The number of alkyl halides is 3. The van der Waals surface area contributed by atoms with Gasteiger partial charge in [0.1, 0.15) is 16.4 Å². The van der Waals surface area contributed by atoms with E-state index in [0.29, 0.717) is 18.0 Å². The fraction of sp³-hybridized carbons (Fsp3) is 0.450. The molecule has 2 aromatic rings. The summed E-state index contributed by atoms with van der Waals surface area (Å²) >= 11 is 1.36. The number of hydrogen-bond acceptors (Lipinski definition) is 5. The Morgan fingerprint density at radius 2 is 1.93 bits per heavy atom. The van der Waals surface area contributed by atoms with E-state index >= 15 is 0 Å². The van der Waals surface area contributed by atoms with Crippen LogP contribution >= 0.6 is 11.3 Å². The van der Waals surface area contributed by atoms with Crippen molar-refractivity contribution in [2.45, 2.75) is 24.8 Å². The summed E-state index contributed by atoms with van der Waals surface area (Å²) in [5.74, 6) is 0.119. The Labute approximate surface area is 169 Å². The molecular weight excluding hydrogens is 405 g/mol. The molecule has 0 N–H and O–H groups in total. The number of fused-ring (bicyclic) bond motifs is 2. The van der Waals surface area contributed by atoms with Crippen molar-refractivity contribution in [3.05, 3.63) is 36.4 Å². The van der Waals surface area contributed by atoms with Crippen LogP contribution in [0.4, 0.5) is 23.0 Å². The summed E-state index contributed by atoms with van der Waals surface area (Å²) in [5.41, 5.74) is 0.159. The van der Waals surface area contributed by atoms with E-state index in [1.165, 1.54) is 29.5 Å². The predicted molar refractivity (Wildman–Crippen MR) is 102 cm³/mol. The number of ether oxygens (including phenoxy) is 2. The number of benzene rings is 1. The van der Waals surface area contributed by atoms with Gasteiger partial charge in [-0.15, -0.1) is 24.5 Å². The molecular formula is C20H19F3N2O3S. The quantitative estimate of drug-likeness (QED) is 0.714. The van der Waals surface area contributed by atoms with Gasteiger partial charge >= 0.3 is 12.5 Å². The molecule has 5 heterocycles. The first kappa shape index (κ1) is 18.7. The average Bonchev–Trinajstić information content (AvgIpc) is 3.27. The molecule has 4 saturated heterocycles. The molecule has 1 aromatic carbocycles. The van der Waals surface area contributed by atoms with Crippen LogP contribution in [0.3, 0.4) is 0 Å². The molecule has 1 aromatic heterocycles. The van der Waals surface area contributed by atoms with Gasteiger partial charge in [-0.2, -0.15) is 0 Å². The molecule has 0 radical (unpaired) electrons. The molecule has 1 amide bonds. The topological polar surface area (TPSA) is 42.0 Å². The summed E-state index contributed by atoms with van der Waals surface area (Å²) in [7, 11) is 0. The number of nitrogens with zero attached hydrogens (tertiary/aromatic N) is 2. The lowest BCUT2D eigenvalue weighted by atomic mass is 9.75. The van der Waals surface area contributed by atoms with Crippen LogP contribution in [0, 0.1) is 5.92 Å². The Morgan fingerprint density at radius 3 is 2.62 bits per heavy atom. The minimum atomic E-state index is -4.73. The van der Waals surface area contributed by atoms with Crippen LogP contribution in [0.25, 0.3) is 10.4 Å². The zero-order valence-electron chi connectivity index (χ0n) is 15.4. The second-order valence-corrected chi connectivity index (χ2v) is 8.85. The monoisotopic (exact) mass is 424 g/mol. The molecule has 4 aliphatic rings. The maximum Gasteiger partial charge on any atom is 0.573 e. The van der Waals surface area contributed by atoms with Crippen molar-refractivity contribution in [3.63, 3.8) is 0 Å². The van der Waals surface area contributed by atoms with Gasteiger partial charge in [0.2, 0.25) is 0 Å². The minimum Gasteiger partial charge on any atom is -0.439 e. The van der Waals surface area contributed by atoms with Crippen molar-refractivity contribution in [2.75, 3.05) is 31.1 Å². The number of amides is 1. The highest BCUT2D eigenvalue weighted by Gasteiger charge is 2.55. The maximum absolute atomic E-state index is 12.6. The van der Waals surface area contributed by atoms with Gasteiger partial charge in [-0.25, -0.2) is 4.79 Å². The molecule has 4 aliphatic heterocycles. The lowest BCUT2D eigenvalue weighted by molar-refractivity contribution is -0.274. The smallest absolute Gasteiger partial charge is 0.439 e. The number of carbonyl (C=O) groups excluding carboxylic acids is 1. The van der Waals surface area contributed by atoms with Crippen LogP contribution in [0.2, 0.25) is 0 Å². The average molecular weight is 424 g/mol. The SMILES string of the molecule is O=C1O[C@]2(CN3CCC2CC3)CN1c1ccc(-c2cccc(OC(F)(F)F)c2)s1. The summed E-state index contributed by atoms with van der Waals surface area (Å²) < 4.78 is 47.3. The molecule has 1 spiro atoms. The van der Waals surface area contributed by atoms with Crippen molar-refractivity contribution >= 4 is 22.4 Å². The second-order valence-electron chi connectivity index (χ2n) is 7.78. The molecule has 5 nitrogen and oxygen atoms in total. The van der Waals surface area contributed by atoms with Crippen LogP contribution in [-0.4, -0.2) is 49.1 Å². The third kappa shape index (κ3) is 3.46. The Hall–Kier alpha value is -2.26. The van der Waals surface area contributed by atoms with E-state index in [2.05, 4.69) is 9.64 Å². The van der Waals surface area contributed by atoms with Crippen molar-refractivity contribution in [2.24, 2.45) is 5.92 Å². The van der Waals surface area contributed by atoms with Gasteiger partial charge in [-0.3, -0.25) is 9.80 Å². The highest BCUT2D eigenvalue weighted by molar-refractivity contribution is 7.19. The molecule has 4 fully saturated rings. The third-order valence-corrected chi connectivity index (χ3v) is 7.13. The summed E-state index contributed by atoms with van der Waals surface area (Å²) in [5, 5.41) is 0.737. The molecule has 0 saturated carbocycles. The van der Waals surface area contributed by atoms with E-state index in [1.54, 1.807) is 11.0 Å². The summed E-state index contributed by atoms with van der Waals surface area (Å²) in [6.07, 6.45) is -2.99. The van der Waals surface area contributed by atoms with Gasteiger partial charge in [0.05, 0.1) is 6.54 Å². The Kier molecular flexibility index (Phi) is 4.29.